The predicted molar refractivity (Wildman–Crippen MR) is 143 cm³/mol. The van der Waals surface area contributed by atoms with E-state index < -0.39 is 47.9 Å². The number of nitrogens with one attached hydrogen (secondary N) is 4. The molecule has 0 radical (unpaired) electrons. The third-order valence-corrected chi connectivity index (χ3v) is 6.03. The highest BCUT2D eigenvalue weighted by Crippen LogP contribution is 2.11. The molecular weight excluding hydrogens is 494 g/mol. The number of carboxylic acid groups (broad SMARTS) is 1. The maximum atomic E-state index is 13.3. The number of carboxylic acids is 1. The molecular formula is C24H43N9O5. The van der Waals surface area contributed by atoms with Crippen LogP contribution in [0.15, 0.2) is 17.5 Å². The number of nitrogens with zero attached hydrogens (tertiary/aromatic N) is 2. The number of aliphatic imine (C=N–C) groups is 1. The van der Waals surface area contributed by atoms with Gasteiger partial charge in [-0.25, -0.2) is 9.78 Å². The van der Waals surface area contributed by atoms with E-state index in [0.29, 0.717) is 31.5 Å². The summed E-state index contributed by atoms with van der Waals surface area (Å²) in [6.45, 7) is 7.66. The average molecular weight is 538 g/mol. The largest absolute Gasteiger partial charge is 0.480 e. The molecule has 0 saturated carbocycles. The van der Waals surface area contributed by atoms with Crippen molar-refractivity contribution >= 4 is 29.7 Å². The molecule has 1 rings (SSSR count). The zero-order chi connectivity index (χ0) is 28.8. The van der Waals surface area contributed by atoms with Crippen LogP contribution in [0.4, 0.5) is 0 Å². The molecule has 3 amide bonds. The van der Waals surface area contributed by atoms with Gasteiger partial charge in [0.25, 0.3) is 0 Å². The SMILES string of the molecule is CCC(C)C(NC(=O)C(N)CCCN=C(N)N)C(=O)NC(Cc1cnc[nH]1)C(=O)NC(CC(C)C)C(=O)O. The number of carbonyl (C=O) groups is 4. The van der Waals surface area contributed by atoms with Crippen molar-refractivity contribution in [3.05, 3.63) is 18.2 Å². The van der Waals surface area contributed by atoms with Crippen molar-refractivity contribution in [2.45, 2.75) is 84.0 Å². The number of aromatic amines is 1. The second-order valence-electron chi connectivity index (χ2n) is 9.80. The van der Waals surface area contributed by atoms with Gasteiger partial charge in [0.1, 0.15) is 18.1 Å². The highest BCUT2D eigenvalue weighted by molar-refractivity contribution is 5.94. The fourth-order valence-corrected chi connectivity index (χ4v) is 3.66. The minimum absolute atomic E-state index is 0.0192. The van der Waals surface area contributed by atoms with E-state index in [2.05, 4.69) is 30.9 Å². The number of carbonyl (C=O) groups excluding carboxylic acids is 3. The third kappa shape index (κ3) is 11.6. The minimum Gasteiger partial charge on any atom is -0.480 e. The summed E-state index contributed by atoms with van der Waals surface area (Å²) >= 11 is 0. The van der Waals surface area contributed by atoms with E-state index in [4.69, 9.17) is 17.2 Å². The van der Waals surface area contributed by atoms with Crippen molar-refractivity contribution < 1.29 is 24.3 Å². The Balaban J connectivity index is 3.01. The summed E-state index contributed by atoms with van der Waals surface area (Å²) < 4.78 is 0. The number of nitrogens with two attached hydrogens (primary N) is 3. The van der Waals surface area contributed by atoms with E-state index >= 15 is 0 Å². The van der Waals surface area contributed by atoms with Crippen molar-refractivity contribution in [1.82, 2.24) is 25.9 Å². The summed E-state index contributed by atoms with van der Waals surface area (Å²) in [6.07, 6.45) is 4.53. The van der Waals surface area contributed by atoms with Crippen LogP contribution in [-0.4, -0.2) is 75.4 Å². The lowest BCUT2D eigenvalue weighted by molar-refractivity contribution is -0.142. The van der Waals surface area contributed by atoms with Crippen LogP contribution >= 0.6 is 0 Å². The number of hydrogen-bond donors (Lipinski definition) is 8. The van der Waals surface area contributed by atoms with Gasteiger partial charge in [0.15, 0.2) is 5.96 Å². The Morgan fingerprint density at radius 3 is 2.24 bits per heavy atom. The van der Waals surface area contributed by atoms with Gasteiger partial charge in [-0.15, -0.1) is 0 Å². The van der Waals surface area contributed by atoms with Crippen LogP contribution in [0.1, 0.15) is 59.1 Å². The normalized spacial score (nSPS) is 15.0. The molecule has 0 bridgehead atoms. The number of imidazole rings is 1. The lowest BCUT2D eigenvalue weighted by Crippen LogP contribution is -2.59. The van der Waals surface area contributed by atoms with Gasteiger partial charge in [0.2, 0.25) is 17.7 Å². The Morgan fingerprint density at radius 2 is 1.71 bits per heavy atom. The van der Waals surface area contributed by atoms with E-state index in [-0.39, 0.29) is 30.6 Å². The smallest absolute Gasteiger partial charge is 0.326 e. The summed E-state index contributed by atoms with van der Waals surface area (Å²) in [5, 5.41) is 17.4. The molecule has 5 atom stereocenters. The number of rotatable bonds is 17. The Kier molecular flexibility index (Phi) is 13.8. The Hall–Kier alpha value is -3.68. The maximum absolute atomic E-state index is 13.3. The first-order valence-electron chi connectivity index (χ1n) is 12.8. The number of hydrogen-bond acceptors (Lipinski definition) is 7. The molecule has 214 valence electrons. The molecule has 11 N–H and O–H groups in total. The number of aliphatic carboxylic acids is 1. The topological polar surface area (TPSA) is 244 Å². The van der Waals surface area contributed by atoms with Crippen molar-refractivity contribution in [2.75, 3.05) is 6.54 Å². The van der Waals surface area contributed by atoms with Gasteiger partial charge < -0.3 is 43.2 Å². The molecule has 0 spiro atoms. The van der Waals surface area contributed by atoms with Gasteiger partial charge in [-0.3, -0.25) is 19.4 Å². The Morgan fingerprint density at radius 1 is 1.05 bits per heavy atom. The molecule has 0 aliphatic carbocycles. The van der Waals surface area contributed by atoms with Crippen molar-refractivity contribution in [3.8, 4) is 0 Å². The molecule has 0 aromatic carbocycles. The predicted octanol–water partition coefficient (Wildman–Crippen LogP) is -1.04. The first kappa shape index (κ1) is 32.3. The first-order valence-corrected chi connectivity index (χ1v) is 12.8. The van der Waals surface area contributed by atoms with E-state index in [1.165, 1.54) is 12.5 Å². The van der Waals surface area contributed by atoms with Gasteiger partial charge in [-0.2, -0.15) is 0 Å². The molecule has 0 saturated heterocycles. The molecule has 14 heteroatoms. The van der Waals surface area contributed by atoms with Crippen molar-refractivity contribution in [3.63, 3.8) is 0 Å². The molecule has 1 aromatic rings. The molecule has 5 unspecified atom stereocenters. The third-order valence-electron chi connectivity index (χ3n) is 6.03. The summed E-state index contributed by atoms with van der Waals surface area (Å²) in [6, 6.07) is -4.10. The highest BCUT2D eigenvalue weighted by Gasteiger charge is 2.33. The van der Waals surface area contributed by atoms with Crippen LogP contribution in [0.5, 0.6) is 0 Å². The van der Waals surface area contributed by atoms with Gasteiger partial charge in [0, 0.05) is 24.9 Å². The van der Waals surface area contributed by atoms with Crippen LogP contribution in [0, 0.1) is 11.8 Å². The minimum atomic E-state index is -1.17. The van der Waals surface area contributed by atoms with Gasteiger partial charge in [-0.1, -0.05) is 34.1 Å². The van der Waals surface area contributed by atoms with E-state index in [1.807, 2.05) is 20.8 Å². The summed E-state index contributed by atoms with van der Waals surface area (Å²) in [4.78, 5) is 61.6. The summed E-state index contributed by atoms with van der Waals surface area (Å²) in [5.74, 6) is -3.25. The second kappa shape index (κ2) is 16.2. The lowest BCUT2D eigenvalue weighted by Gasteiger charge is -2.28. The summed E-state index contributed by atoms with van der Waals surface area (Å²) in [7, 11) is 0. The van der Waals surface area contributed by atoms with Crippen LogP contribution in [0.3, 0.4) is 0 Å². The zero-order valence-electron chi connectivity index (χ0n) is 22.6. The molecule has 0 aliphatic rings. The standard InChI is InChI=1S/C24H43N9O5/c1-5-14(4)19(33-20(34)16(25)7-6-8-29-24(26)27)22(36)31-17(10-15-11-28-12-30-15)21(35)32-18(23(37)38)9-13(2)3/h11-14,16-19H,5-10,25H2,1-4H3,(H,28,30)(H,31,36)(H,32,35)(H,33,34)(H,37,38)(H4,26,27,29). The van der Waals surface area contributed by atoms with Gasteiger partial charge in [0.05, 0.1) is 12.4 Å². The average Bonchev–Trinajstić information content (AvgIpc) is 3.36. The monoisotopic (exact) mass is 537 g/mol. The summed E-state index contributed by atoms with van der Waals surface area (Å²) in [5.41, 5.74) is 17.1. The molecule has 1 heterocycles. The molecule has 0 fully saturated rings. The fraction of sp³-hybridized carbons (Fsp3) is 0.667. The number of aromatic nitrogens is 2. The van der Waals surface area contributed by atoms with Crippen molar-refractivity contribution in [1.29, 1.82) is 0 Å². The highest BCUT2D eigenvalue weighted by atomic mass is 16.4. The van der Waals surface area contributed by atoms with Gasteiger partial charge in [-0.05, 0) is 31.1 Å². The first-order chi connectivity index (χ1) is 17.8. The second-order valence-corrected chi connectivity index (χ2v) is 9.80. The number of H-pyrrole nitrogens is 1. The Bertz CT molecular complexity index is 932. The molecule has 1 aromatic heterocycles. The van der Waals surface area contributed by atoms with E-state index in [0.717, 1.165) is 0 Å². The van der Waals surface area contributed by atoms with Crippen LogP contribution in [0.25, 0.3) is 0 Å². The zero-order valence-corrected chi connectivity index (χ0v) is 22.6. The lowest BCUT2D eigenvalue weighted by atomic mass is 9.96. The van der Waals surface area contributed by atoms with Crippen LogP contribution in [-0.2, 0) is 25.6 Å². The fourth-order valence-electron chi connectivity index (χ4n) is 3.66. The van der Waals surface area contributed by atoms with Crippen molar-refractivity contribution in [2.24, 2.45) is 34.0 Å². The molecule has 38 heavy (non-hydrogen) atoms. The maximum Gasteiger partial charge on any atom is 0.326 e. The van der Waals surface area contributed by atoms with Crippen LogP contribution in [0.2, 0.25) is 0 Å². The number of guanidine groups is 1. The molecule has 14 nitrogen and oxygen atoms in total. The quantitative estimate of drug-likeness (QED) is 0.0686. The van der Waals surface area contributed by atoms with Gasteiger partial charge >= 0.3 is 5.97 Å². The molecule has 0 aliphatic heterocycles. The Labute approximate surface area is 223 Å². The van der Waals surface area contributed by atoms with E-state index in [9.17, 15) is 24.3 Å². The number of amides is 3. The van der Waals surface area contributed by atoms with E-state index in [1.54, 1.807) is 6.92 Å². The van der Waals surface area contributed by atoms with Crippen LogP contribution < -0.4 is 33.2 Å².